The minimum Gasteiger partial charge on any atom is -0.422 e. The molecule has 2 aromatic heterocycles. The Morgan fingerprint density at radius 1 is 1.31 bits per heavy atom. The highest BCUT2D eigenvalue weighted by Crippen LogP contribution is 2.29. The molecule has 8 heteroatoms. The molecule has 1 aliphatic heterocycles. The molecule has 0 aliphatic carbocycles. The van der Waals surface area contributed by atoms with Crippen molar-refractivity contribution in [1.29, 1.82) is 0 Å². The van der Waals surface area contributed by atoms with Crippen LogP contribution >= 0.6 is 11.3 Å². The van der Waals surface area contributed by atoms with E-state index in [4.69, 9.17) is 4.42 Å². The van der Waals surface area contributed by atoms with Crippen LogP contribution in [0.2, 0.25) is 0 Å². The van der Waals surface area contributed by atoms with Gasteiger partial charge < -0.3 is 14.6 Å². The molecule has 3 aromatic rings. The second-order valence-electron chi connectivity index (χ2n) is 6.03. The molecule has 0 radical (unpaired) electrons. The van der Waals surface area contributed by atoms with Crippen LogP contribution in [-0.2, 0) is 17.8 Å². The van der Waals surface area contributed by atoms with Gasteiger partial charge in [0.15, 0.2) is 5.13 Å². The lowest BCUT2D eigenvalue weighted by atomic mass is 10.1. The van der Waals surface area contributed by atoms with Crippen molar-refractivity contribution < 1.29 is 14.0 Å². The van der Waals surface area contributed by atoms with Gasteiger partial charge in [-0.25, -0.2) is 9.78 Å². The van der Waals surface area contributed by atoms with E-state index in [0.717, 1.165) is 10.6 Å². The Bertz CT molecular complexity index is 1090. The number of aromatic nitrogens is 1. The fourth-order valence-electron chi connectivity index (χ4n) is 2.95. The average molecular weight is 369 g/mol. The first-order valence-electron chi connectivity index (χ1n) is 8.09. The molecule has 0 unspecified atom stereocenters. The third kappa shape index (κ3) is 2.99. The first-order chi connectivity index (χ1) is 12.5. The number of carbonyl (C=O) groups is 2. The number of rotatable bonds is 2. The summed E-state index contributed by atoms with van der Waals surface area (Å²) in [4.78, 5) is 43.1. The number of benzene rings is 1. The van der Waals surface area contributed by atoms with Crippen molar-refractivity contribution in [2.75, 3.05) is 11.9 Å². The number of anilines is 1. The van der Waals surface area contributed by atoms with Gasteiger partial charge in [-0.2, -0.15) is 0 Å². The maximum absolute atomic E-state index is 12.8. The number of para-hydroxylation sites is 1. The summed E-state index contributed by atoms with van der Waals surface area (Å²) in [5, 5.41) is 3.90. The summed E-state index contributed by atoms with van der Waals surface area (Å²) in [6.07, 6.45) is 0.579. The number of fused-ring (bicyclic) bond motifs is 2. The summed E-state index contributed by atoms with van der Waals surface area (Å²) in [5.41, 5.74) is 0.729. The van der Waals surface area contributed by atoms with Gasteiger partial charge in [-0.3, -0.25) is 9.59 Å². The van der Waals surface area contributed by atoms with E-state index in [1.54, 1.807) is 29.2 Å². The Kier molecular flexibility index (Phi) is 4.04. The molecule has 1 aromatic carbocycles. The van der Waals surface area contributed by atoms with Gasteiger partial charge in [0.1, 0.15) is 11.1 Å². The molecule has 7 nitrogen and oxygen atoms in total. The van der Waals surface area contributed by atoms with Crippen molar-refractivity contribution in [3.63, 3.8) is 0 Å². The van der Waals surface area contributed by atoms with Crippen LogP contribution < -0.4 is 10.9 Å². The third-order valence-electron chi connectivity index (χ3n) is 4.17. The Morgan fingerprint density at radius 2 is 2.12 bits per heavy atom. The Hall–Kier alpha value is -3.00. The minimum atomic E-state index is -0.636. The van der Waals surface area contributed by atoms with E-state index in [1.807, 2.05) is 6.07 Å². The van der Waals surface area contributed by atoms with E-state index in [-0.39, 0.29) is 17.4 Å². The molecule has 0 saturated carbocycles. The average Bonchev–Trinajstić information content (AvgIpc) is 3.01. The first-order valence-corrected chi connectivity index (χ1v) is 8.91. The molecule has 0 fully saturated rings. The highest BCUT2D eigenvalue weighted by atomic mass is 32.1. The van der Waals surface area contributed by atoms with Crippen LogP contribution in [0.15, 0.2) is 39.5 Å². The summed E-state index contributed by atoms with van der Waals surface area (Å²) in [7, 11) is 0. The number of hydrogen-bond donors (Lipinski definition) is 1. The maximum atomic E-state index is 12.8. The summed E-state index contributed by atoms with van der Waals surface area (Å²) in [6.45, 7) is 2.24. The second-order valence-corrected chi connectivity index (χ2v) is 7.12. The van der Waals surface area contributed by atoms with Gasteiger partial charge in [-0.05, 0) is 12.1 Å². The number of carbonyl (C=O) groups excluding carboxylic acids is 2. The van der Waals surface area contributed by atoms with Crippen LogP contribution in [-0.4, -0.2) is 28.2 Å². The molecule has 132 valence electrons. The predicted molar refractivity (Wildman–Crippen MR) is 97.3 cm³/mol. The van der Waals surface area contributed by atoms with Crippen molar-refractivity contribution in [2.45, 2.75) is 19.9 Å². The normalized spacial score (nSPS) is 13.5. The molecule has 2 amide bonds. The monoisotopic (exact) mass is 369 g/mol. The van der Waals surface area contributed by atoms with Crippen molar-refractivity contribution in [2.24, 2.45) is 0 Å². The van der Waals surface area contributed by atoms with Gasteiger partial charge in [0.25, 0.3) is 5.91 Å². The number of nitrogens with zero attached hydrogens (tertiary/aromatic N) is 2. The van der Waals surface area contributed by atoms with E-state index in [0.29, 0.717) is 35.6 Å². The molecule has 0 atom stereocenters. The topological polar surface area (TPSA) is 92.5 Å². The first kappa shape index (κ1) is 16.5. The van der Waals surface area contributed by atoms with Crippen LogP contribution in [0.25, 0.3) is 11.0 Å². The number of hydrogen-bond acceptors (Lipinski definition) is 6. The van der Waals surface area contributed by atoms with Gasteiger partial charge in [0, 0.05) is 30.2 Å². The van der Waals surface area contributed by atoms with E-state index in [2.05, 4.69) is 10.3 Å². The largest absolute Gasteiger partial charge is 0.422 e. The summed E-state index contributed by atoms with van der Waals surface area (Å²) in [6, 6.07) is 8.67. The standard InChI is InChI=1S/C18H15N3O4S/c1-10(22)19-18-20-13-6-7-21(9-15(13)26-18)16(23)12-8-11-4-2-3-5-14(11)25-17(12)24/h2-5,8H,6-7,9H2,1H3,(H,19,20,22). The van der Waals surface area contributed by atoms with Crippen molar-refractivity contribution in [3.05, 3.63) is 56.9 Å². The summed E-state index contributed by atoms with van der Waals surface area (Å²) >= 11 is 1.35. The number of thiazole rings is 1. The SMILES string of the molecule is CC(=O)Nc1nc2c(s1)CN(C(=O)c1cc3ccccc3oc1=O)CC2. The number of nitrogens with one attached hydrogen (secondary N) is 1. The fourth-order valence-corrected chi connectivity index (χ4v) is 4.02. The van der Waals surface area contributed by atoms with Crippen molar-refractivity contribution in [1.82, 2.24) is 9.88 Å². The van der Waals surface area contributed by atoms with Gasteiger partial charge in [-0.1, -0.05) is 29.5 Å². The Labute approximate surface area is 152 Å². The lowest BCUT2D eigenvalue weighted by molar-refractivity contribution is -0.114. The molecule has 0 spiro atoms. The van der Waals surface area contributed by atoms with Crippen LogP contribution in [0.1, 0.15) is 27.9 Å². The minimum absolute atomic E-state index is 0.0266. The lowest BCUT2D eigenvalue weighted by Crippen LogP contribution is -2.37. The molecule has 4 rings (SSSR count). The summed E-state index contributed by atoms with van der Waals surface area (Å²) < 4.78 is 5.26. The fraction of sp³-hybridized carbons (Fsp3) is 0.222. The van der Waals surface area contributed by atoms with E-state index in [1.165, 1.54) is 18.3 Å². The third-order valence-corrected chi connectivity index (χ3v) is 5.17. The smallest absolute Gasteiger partial charge is 0.349 e. The van der Waals surface area contributed by atoms with Gasteiger partial charge in [0.2, 0.25) is 5.91 Å². The summed E-state index contributed by atoms with van der Waals surface area (Å²) in [5.74, 6) is -0.539. The molecule has 1 aliphatic rings. The van der Waals surface area contributed by atoms with Crippen LogP contribution in [0, 0.1) is 0 Å². The quantitative estimate of drug-likeness (QED) is 0.700. The molecule has 0 saturated heterocycles. The predicted octanol–water partition coefficient (Wildman–Crippen LogP) is 2.41. The Morgan fingerprint density at radius 3 is 2.92 bits per heavy atom. The van der Waals surface area contributed by atoms with Crippen LogP contribution in [0.4, 0.5) is 5.13 Å². The van der Waals surface area contributed by atoms with Crippen LogP contribution in [0.5, 0.6) is 0 Å². The van der Waals surface area contributed by atoms with Crippen molar-refractivity contribution in [3.8, 4) is 0 Å². The maximum Gasteiger partial charge on any atom is 0.349 e. The zero-order chi connectivity index (χ0) is 18.3. The molecular formula is C18H15N3O4S. The molecule has 26 heavy (non-hydrogen) atoms. The molecule has 1 N–H and O–H groups in total. The molecular weight excluding hydrogens is 354 g/mol. The van der Waals surface area contributed by atoms with Crippen molar-refractivity contribution >= 4 is 39.3 Å². The second kappa shape index (κ2) is 6.38. The number of amides is 2. The zero-order valence-electron chi connectivity index (χ0n) is 13.9. The molecule has 3 heterocycles. The Balaban J connectivity index is 1.62. The van der Waals surface area contributed by atoms with Gasteiger partial charge >= 0.3 is 5.63 Å². The highest BCUT2D eigenvalue weighted by molar-refractivity contribution is 7.15. The van der Waals surface area contributed by atoms with Crippen LogP contribution in [0.3, 0.4) is 0 Å². The van der Waals surface area contributed by atoms with Gasteiger partial charge in [-0.15, -0.1) is 0 Å². The van der Waals surface area contributed by atoms with E-state index >= 15 is 0 Å². The molecule has 0 bridgehead atoms. The van der Waals surface area contributed by atoms with E-state index in [9.17, 15) is 14.4 Å². The highest BCUT2D eigenvalue weighted by Gasteiger charge is 2.27. The lowest BCUT2D eigenvalue weighted by Gasteiger charge is -2.25. The van der Waals surface area contributed by atoms with E-state index < -0.39 is 5.63 Å². The zero-order valence-corrected chi connectivity index (χ0v) is 14.8. The van der Waals surface area contributed by atoms with Gasteiger partial charge in [0.05, 0.1) is 12.2 Å².